The van der Waals surface area contributed by atoms with E-state index in [1.807, 2.05) is 0 Å². The van der Waals surface area contributed by atoms with Crippen molar-refractivity contribution in [3.8, 4) is 0 Å². The zero-order valence-corrected chi connectivity index (χ0v) is 11.0. The number of rotatable bonds is 4. The van der Waals surface area contributed by atoms with Crippen LogP contribution in [0.1, 0.15) is 27.2 Å². The van der Waals surface area contributed by atoms with Gasteiger partial charge in [-0.15, -0.1) is 0 Å². The van der Waals surface area contributed by atoms with Gasteiger partial charge in [-0.25, -0.2) is 0 Å². The van der Waals surface area contributed by atoms with E-state index in [0.29, 0.717) is 12.4 Å². The Morgan fingerprint density at radius 1 is 1.59 bits per heavy atom. The van der Waals surface area contributed by atoms with Gasteiger partial charge in [-0.2, -0.15) is 5.10 Å². The van der Waals surface area contributed by atoms with E-state index in [-0.39, 0.29) is 17.2 Å². The van der Waals surface area contributed by atoms with Crippen LogP contribution in [0.4, 0.5) is 5.82 Å². The van der Waals surface area contributed by atoms with Crippen LogP contribution in [0, 0.1) is 11.3 Å². The van der Waals surface area contributed by atoms with Crippen molar-refractivity contribution in [3.05, 3.63) is 12.3 Å². The number of nitrogens with one attached hydrogen (secondary N) is 1. The van der Waals surface area contributed by atoms with E-state index in [9.17, 15) is 4.79 Å². The van der Waals surface area contributed by atoms with Crippen LogP contribution in [0.25, 0.3) is 0 Å². The average Bonchev–Trinajstić information content (AvgIpc) is 2.59. The summed E-state index contributed by atoms with van der Waals surface area (Å²) in [6.07, 6.45) is 2.42. The van der Waals surface area contributed by atoms with Gasteiger partial charge in [0.1, 0.15) is 5.82 Å². The van der Waals surface area contributed by atoms with Crippen LogP contribution in [-0.2, 0) is 11.8 Å². The molecule has 1 heterocycles. The summed E-state index contributed by atoms with van der Waals surface area (Å²) in [4.78, 5) is 12.0. The molecule has 1 aromatic rings. The van der Waals surface area contributed by atoms with Crippen LogP contribution >= 0.6 is 0 Å². The molecule has 0 aliphatic rings. The van der Waals surface area contributed by atoms with Gasteiger partial charge in [0.15, 0.2) is 0 Å². The normalized spacial score (nSPS) is 13.5. The highest BCUT2D eigenvalue weighted by Crippen LogP contribution is 2.24. The Labute approximate surface area is 102 Å². The van der Waals surface area contributed by atoms with Gasteiger partial charge in [0.2, 0.25) is 5.91 Å². The summed E-state index contributed by atoms with van der Waals surface area (Å²) < 4.78 is 1.63. The van der Waals surface area contributed by atoms with Crippen molar-refractivity contribution in [3.63, 3.8) is 0 Å². The number of amides is 1. The van der Waals surface area contributed by atoms with Crippen molar-refractivity contribution in [2.75, 3.05) is 11.9 Å². The molecule has 0 fully saturated rings. The van der Waals surface area contributed by atoms with Crippen LogP contribution in [0.2, 0.25) is 0 Å². The Kier molecular flexibility index (Phi) is 4.28. The lowest BCUT2D eigenvalue weighted by Gasteiger charge is -2.24. The van der Waals surface area contributed by atoms with Crippen molar-refractivity contribution < 1.29 is 4.79 Å². The van der Waals surface area contributed by atoms with Gasteiger partial charge >= 0.3 is 0 Å². The second kappa shape index (κ2) is 5.31. The Balaban J connectivity index is 2.65. The second-order valence-corrected chi connectivity index (χ2v) is 5.53. The number of nitrogens with zero attached hydrogens (tertiary/aromatic N) is 2. The van der Waals surface area contributed by atoms with Crippen molar-refractivity contribution in [1.29, 1.82) is 0 Å². The molecule has 1 atom stereocenters. The molecule has 5 heteroatoms. The molecule has 5 nitrogen and oxygen atoms in total. The molecule has 17 heavy (non-hydrogen) atoms. The van der Waals surface area contributed by atoms with E-state index in [1.165, 1.54) is 0 Å². The van der Waals surface area contributed by atoms with Crippen LogP contribution < -0.4 is 11.1 Å². The fraction of sp³-hybridized carbons (Fsp3) is 0.667. The van der Waals surface area contributed by atoms with Crippen LogP contribution in [0.3, 0.4) is 0 Å². The van der Waals surface area contributed by atoms with E-state index in [2.05, 4.69) is 31.2 Å². The van der Waals surface area contributed by atoms with Gasteiger partial charge in [0.25, 0.3) is 0 Å². The minimum absolute atomic E-state index is 0.0361. The van der Waals surface area contributed by atoms with Gasteiger partial charge in [0.05, 0.1) is 12.1 Å². The van der Waals surface area contributed by atoms with Crippen molar-refractivity contribution in [2.24, 2.45) is 24.1 Å². The fourth-order valence-electron chi connectivity index (χ4n) is 1.75. The topological polar surface area (TPSA) is 72.9 Å². The molecule has 96 valence electrons. The summed E-state index contributed by atoms with van der Waals surface area (Å²) in [5.41, 5.74) is 5.76. The molecule has 3 N–H and O–H groups in total. The zero-order valence-electron chi connectivity index (χ0n) is 11.0. The standard InChI is InChI=1S/C12H22N4O/c1-12(2,3)7-9(8-13)11(17)15-10-5-6-14-16(10)4/h5-6,9H,7-8,13H2,1-4H3,(H,15,17). The highest BCUT2D eigenvalue weighted by Gasteiger charge is 2.24. The Bertz CT molecular complexity index is 378. The highest BCUT2D eigenvalue weighted by molar-refractivity contribution is 5.91. The molecule has 1 aromatic heterocycles. The summed E-state index contributed by atoms with van der Waals surface area (Å²) >= 11 is 0. The summed E-state index contributed by atoms with van der Waals surface area (Å²) in [5.74, 6) is 0.498. The van der Waals surface area contributed by atoms with E-state index in [0.717, 1.165) is 6.42 Å². The predicted octanol–water partition coefficient (Wildman–Crippen LogP) is 1.37. The lowest BCUT2D eigenvalue weighted by atomic mass is 9.84. The SMILES string of the molecule is Cn1nccc1NC(=O)C(CN)CC(C)(C)C. The smallest absolute Gasteiger partial charge is 0.229 e. The lowest BCUT2D eigenvalue weighted by molar-refractivity contribution is -0.120. The third-order valence-electron chi connectivity index (χ3n) is 2.59. The van der Waals surface area contributed by atoms with Crippen LogP contribution in [-0.4, -0.2) is 22.2 Å². The maximum Gasteiger partial charge on any atom is 0.229 e. The van der Waals surface area contributed by atoms with E-state index < -0.39 is 0 Å². The third-order valence-corrected chi connectivity index (χ3v) is 2.59. The van der Waals surface area contributed by atoms with Crippen molar-refractivity contribution >= 4 is 11.7 Å². The maximum atomic E-state index is 12.0. The van der Waals surface area contributed by atoms with E-state index >= 15 is 0 Å². The van der Waals surface area contributed by atoms with Gasteiger partial charge in [-0.3, -0.25) is 9.48 Å². The molecule has 1 unspecified atom stereocenters. The number of anilines is 1. The summed E-state index contributed by atoms with van der Waals surface area (Å²) in [5, 5.41) is 6.85. The maximum absolute atomic E-state index is 12.0. The van der Waals surface area contributed by atoms with Crippen molar-refractivity contribution in [1.82, 2.24) is 9.78 Å². The second-order valence-electron chi connectivity index (χ2n) is 5.53. The quantitative estimate of drug-likeness (QED) is 0.832. The largest absolute Gasteiger partial charge is 0.330 e. The number of aryl methyl sites for hydroxylation is 1. The number of hydrogen-bond acceptors (Lipinski definition) is 3. The van der Waals surface area contributed by atoms with Crippen molar-refractivity contribution in [2.45, 2.75) is 27.2 Å². The first-order valence-electron chi connectivity index (χ1n) is 5.82. The van der Waals surface area contributed by atoms with Gasteiger partial charge < -0.3 is 11.1 Å². The number of carbonyl (C=O) groups excluding carboxylic acids is 1. The van der Waals surface area contributed by atoms with Crippen LogP contribution in [0.15, 0.2) is 12.3 Å². The molecule has 0 saturated carbocycles. The Morgan fingerprint density at radius 2 is 2.24 bits per heavy atom. The number of aromatic nitrogens is 2. The van der Waals surface area contributed by atoms with Gasteiger partial charge in [0, 0.05) is 19.7 Å². The molecule has 0 saturated heterocycles. The number of hydrogen-bond donors (Lipinski definition) is 2. The summed E-state index contributed by atoms with van der Waals surface area (Å²) in [7, 11) is 1.79. The molecule has 0 spiro atoms. The minimum Gasteiger partial charge on any atom is -0.330 e. The Hall–Kier alpha value is -1.36. The molecule has 0 radical (unpaired) electrons. The predicted molar refractivity (Wildman–Crippen MR) is 68.5 cm³/mol. The summed E-state index contributed by atoms with van der Waals surface area (Å²) in [6, 6.07) is 1.77. The first kappa shape index (κ1) is 13.7. The van der Waals surface area contributed by atoms with Crippen LogP contribution in [0.5, 0.6) is 0 Å². The molecule has 0 aliphatic carbocycles. The van der Waals surface area contributed by atoms with E-state index in [4.69, 9.17) is 5.73 Å². The minimum atomic E-state index is -0.162. The molecular formula is C12H22N4O. The molecule has 0 aromatic carbocycles. The molecule has 1 amide bonds. The monoisotopic (exact) mass is 238 g/mol. The summed E-state index contributed by atoms with van der Waals surface area (Å²) in [6.45, 7) is 6.67. The molecule has 0 bridgehead atoms. The first-order valence-corrected chi connectivity index (χ1v) is 5.82. The number of carbonyl (C=O) groups is 1. The van der Waals surface area contributed by atoms with Gasteiger partial charge in [-0.05, 0) is 11.8 Å². The van der Waals surface area contributed by atoms with Gasteiger partial charge in [-0.1, -0.05) is 20.8 Å². The lowest BCUT2D eigenvalue weighted by Crippen LogP contribution is -2.33. The Morgan fingerprint density at radius 3 is 2.65 bits per heavy atom. The highest BCUT2D eigenvalue weighted by atomic mass is 16.2. The first-order chi connectivity index (χ1) is 7.83. The molecule has 0 aliphatic heterocycles. The fourth-order valence-corrected chi connectivity index (χ4v) is 1.75. The molecular weight excluding hydrogens is 216 g/mol. The third kappa shape index (κ3) is 4.19. The zero-order chi connectivity index (χ0) is 13.1. The average molecular weight is 238 g/mol. The van der Waals surface area contributed by atoms with E-state index in [1.54, 1.807) is 24.0 Å². The number of nitrogens with two attached hydrogens (primary N) is 1. The molecule has 1 rings (SSSR count).